The monoisotopic (exact) mass is 405 g/mol. The van der Waals surface area contributed by atoms with E-state index in [4.69, 9.17) is 14.2 Å². The lowest BCUT2D eigenvalue weighted by Crippen LogP contribution is -2.50. The predicted octanol–water partition coefficient (Wildman–Crippen LogP) is 3.31. The number of carbonyl (C=O) groups excluding carboxylic acids is 1. The first-order valence-corrected chi connectivity index (χ1v) is 10.7. The van der Waals surface area contributed by atoms with Crippen molar-refractivity contribution in [3.05, 3.63) is 17.7 Å². The molecular weight excluding hydrogens is 370 g/mol. The second-order valence-corrected chi connectivity index (χ2v) is 8.04. The fourth-order valence-electron chi connectivity index (χ4n) is 4.38. The molecule has 162 valence electrons. The Kier molecular flexibility index (Phi) is 7.86. The van der Waals surface area contributed by atoms with Gasteiger partial charge in [0.25, 0.3) is 0 Å². The van der Waals surface area contributed by atoms with Gasteiger partial charge in [0.1, 0.15) is 0 Å². The van der Waals surface area contributed by atoms with Gasteiger partial charge in [-0.3, -0.25) is 4.90 Å². The number of nitrogens with zero attached hydrogens (tertiary/aromatic N) is 1. The van der Waals surface area contributed by atoms with Gasteiger partial charge in [-0.1, -0.05) is 19.3 Å². The van der Waals surface area contributed by atoms with Gasteiger partial charge >= 0.3 is 6.03 Å². The van der Waals surface area contributed by atoms with Crippen LogP contribution in [0.1, 0.15) is 50.5 Å². The van der Waals surface area contributed by atoms with Crippen molar-refractivity contribution in [2.24, 2.45) is 0 Å². The Morgan fingerprint density at radius 1 is 0.897 bits per heavy atom. The van der Waals surface area contributed by atoms with Gasteiger partial charge in [-0.05, 0) is 43.4 Å². The number of rotatable bonds is 7. The van der Waals surface area contributed by atoms with Crippen molar-refractivity contribution in [3.63, 3.8) is 0 Å². The van der Waals surface area contributed by atoms with E-state index in [-0.39, 0.29) is 12.1 Å². The fourth-order valence-corrected chi connectivity index (χ4v) is 4.38. The van der Waals surface area contributed by atoms with Crippen LogP contribution in [0.4, 0.5) is 4.79 Å². The summed E-state index contributed by atoms with van der Waals surface area (Å²) in [6.45, 7) is 2.72. The minimum absolute atomic E-state index is 0.0000212. The number of amides is 2. The highest BCUT2D eigenvalue weighted by Crippen LogP contribution is 2.38. The summed E-state index contributed by atoms with van der Waals surface area (Å²) < 4.78 is 16.3. The van der Waals surface area contributed by atoms with Crippen molar-refractivity contribution in [1.82, 2.24) is 15.5 Å². The molecule has 2 fully saturated rings. The van der Waals surface area contributed by atoms with Crippen LogP contribution in [-0.2, 0) is 6.54 Å². The van der Waals surface area contributed by atoms with Crippen molar-refractivity contribution in [2.75, 3.05) is 34.4 Å². The maximum absolute atomic E-state index is 12.3. The van der Waals surface area contributed by atoms with Gasteiger partial charge in [-0.25, -0.2) is 4.79 Å². The number of piperidine rings is 1. The molecule has 1 saturated carbocycles. The molecule has 2 N–H and O–H groups in total. The van der Waals surface area contributed by atoms with Crippen LogP contribution in [0.25, 0.3) is 0 Å². The van der Waals surface area contributed by atoms with Crippen molar-refractivity contribution in [3.8, 4) is 17.2 Å². The van der Waals surface area contributed by atoms with Crippen LogP contribution < -0.4 is 24.8 Å². The third kappa shape index (κ3) is 5.92. The summed E-state index contributed by atoms with van der Waals surface area (Å²) in [6.07, 6.45) is 7.89. The van der Waals surface area contributed by atoms with Crippen molar-refractivity contribution in [2.45, 2.75) is 63.6 Å². The molecule has 7 nitrogen and oxygen atoms in total. The Balaban J connectivity index is 1.47. The van der Waals surface area contributed by atoms with Crippen LogP contribution in [0.15, 0.2) is 12.1 Å². The topological polar surface area (TPSA) is 72.1 Å². The van der Waals surface area contributed by atoms with E-state index in [1.54, 1.807) is 21.3 Å². The van der Waals surface area contributed by atoms with Gasteiger partial charge in [-0.15, -0.1) is 0 Å². The molecule has 1 heterocycles. The number of methoxy groups -OCH3 is 3. The molecule has 29 heavy (non-hydrogen) atoms. The smallest absolute Gasteiger partial charge is 0.315 e. The number of nitrogens with one attached hydrogen (secondary N) is 2. The Hall–Kier alpha value is -2.15. The summed E-state index contributed by atoms with van der Waals surface area (Å²) in [7, 11) is 4.88. The number of likely N-dealkylation sites (tertiary alicyclic amines) is 1. The fraction of sp³-hybridized carbons (Fsp3) is 0.682. The first kappa shape index (κ1) is 21.6. The molecule has 1 aliphatic carbocycles. The Labute approximate surface area is 174 Å². The molecule has 0 unspecified atom stereocenters. The molecule has 0 spiro atoms. The molecule has 7 heteroatoms. The van der Waals surface area contributed by atoms with E-state index in [0.29, 0.717) is 23.3 Å². The van der Waals surface area contributed by atoms with E-state index < -0.39 is 0 Å². The van der Waals surface area contributed by atoms with Crippen LogP contribution in [0.5, 0.6) is 17.2 Å². The van der Waals surface area contributed by atoms with Crippen LogP contribution >= 0.6 is 0 Å². The van der Waals surface area contributed by atoms with Crippen LogP contribution in [-0.4, -0.2) is 57.4 Å². The zero-order chi connectivity index (χ0) is 20.6. The second kappa shape index (κ2) is 10.6. The second-order valence-electron chi connectivity index (χ2n) is 8.04. The largest absolute Gasteiger partial charge is 0.493 e. The standard InChI is InChI=1S/C22H35N3O4/c1-27-19-13-16(14-20(28-2)21(19)29-3)15-25-11-9-18(10-12-25)24-22(26)23-17-7-5-4-6-8-17/h13-14,17-18H,4-12,15H2,1-3H3,(H2,23,24,26). The molecule has 3 rings (SSSR count). The number of ether oxygens (including phenoxy) is 3. The summed E-state index contributed by atoms with van der Waals surface area (Å²) in [5, 5.41) is 6.32. The van der Waals surface area contributed by atoms with Gasteiger partial charge in [0, 0.05) is 31.7 Å². The highest BCUT2D eigenvalue weighted by atomic mass is 16.5. The summed E-state index contributed by atoms with van der Waals surface area (Å²) in [4.78, 5) is 14.7. The number of urea groups is 1. The van der Waals surface area contributed by atoms with E-state index in [2.05, 4.69) is 15.5 Å². The lowest BCUT2D eigenvalue weighted by Gasteiger charge is -2.33. The Bertz CT molecular complexity index is 643. The Morgan fingerprint density at radius 2 is 1.45 bits per heavy atom. The van der Waals surface area contributed by atoms with Crippen molar-refractivity contribution in [1.29, 1.82) is 0 Å². The van der Waals surface area contributed by atoms with Crippen molar-refractivity contribution >= 4 is 6.03 Å². The molecule has 0 bridgehead atoms. The number of carbonyl (C=O) groups is 1. The summed E-state index contributed by atoms with van der Waals surface area (Å²) in [6, 6.07) is 4.60. The minimum Gasteiger partial charge on any atom is -0.493 e. The minimum atomic E-state index is -0.0000212. The third-order valence-electron chi connectivity index (χ3n) is 5.99. The van der Waals surface area contributed by atoms with Gasteiger partial charge in [0.2, 0.25) is 5.75 Å². The van der Waals surface area contributed by atoms with Gasteiger partial charge in [0.15, 0.2) is 11.5 Å². The van der Waals surface area contributed by atoms with Crippen LogP contribution in [0, 0.1) is 0 Å². The van der Waals surface area contributed by atoms with E-state index in [9.17, 15) is 4.79 Å². The maximum Gasteiger partial charge on any atom is 0.315 e. The first-order valence-electron chi connectivity index (χ1n) is 10.7. The number of hydrogen-bond donors (Lipinski definition) is 2. The lowest BCUT2D eigenvalue weighted by molar-refractivity contribution is 0.184. The average Bonchev–Trinajstić information content (AvgIpc) is 2.75. The molecule has 2 aliphatic rings. The molecule has 0 radical (unpaired) electrons. The molecule has 2 amide bonds. The molecular formula is C22H35N3O4. The summed E-state index contributed by atoms with van der Waals surface area (Å²) in [5.41, 5.74) is 1.13. The zero-order valence-corrected chi connectivity index (χ0v) is 18.0. The van der Waals surface area contributed by atoms with Gasteiger partial charge in [-0.2, -0.15) is 0 Å². The SMILES string of the molecule is COc1cc(CN2CCC(NC(=O)NC3CCCCC3)CC2)cc(OC)c1OC. The van der Waals surface area contributed by atoms with E-state index in [1.807, 2.05) is 12.1 Å². The van der Waals surface area contributed by atoms with E-state index >= 15 is 0 Å². The molecule has 1 saturated heterocycles. The maximum atomic E-state index is 12.3. The predicted molar refractivity (Wildman–Crippen MR) is 113 cm³/mol. The molecule has 0 aromatic heterocycles. The van der Waals surface area contributed by atoms with Crippen molar-refractivity contribution < 1.29 is 19.0 Å². The van der Waals surface area contributed by atoms with E-state index in [1.165, 1.54) is 19.3 Å². The summed E-state index contributed by atoms with van der Waals surface area (Å²) >= 11 is 0. The molecule has 0 atom stereocenters. The molecule has 1 aliphatic heterocycles. The van der Waals surface area contributed by atoms with Crippen LogP contribution in [0.3, 0.4) is 0 Å². The zero-order valence-electron chi connectivity index (χ0n) is 18.0. The number of hydrogen-bond acceptors (Lipinski definition) is 5. The lowest BCUT2D eigenvalue weighted by atomic mass is 9.96. The Morgan fingerprint density at radius 3 is 1.97 bits per heavy atom. The highest BCUT2D eigenvalue weighted by Gasteiger charge is 2.23. The normalized spacial score (nSPS) is 18.9. The number of benzene rings is 1. The highest BCUT2D eigenvalue weighted by molar-refractivity contribution is 5.74. The first-order chi connectivity index (χ1) is 14.1. The molecule has 1 aromatic carbocycles. The molecule has 1 aromatic rings. The van der Waals surface area contributed by atoms with E-state index in [0.717, 1.165) is 50.9 Å². The third-order valence-corrected chi connectivity index (χ3v) is 5.99. The van der Waals surface area contributed by atoms with Gasteiger partial charge < -0.3 is 24.8 Å². The average molecular weight is 406 g/mol. The van der Waals surface area contributed by atoms with Crippen LogP contribution in [0.2, 0.25) is 0 Å². The quantitative estimate of drug-likeness (QED) is 0.728. The summed E-state index contributed by atoms with van der Waals surface area (Å²) in [5.74, 6) is 1.97. The van der Waals surface area contributed by atoms with Gasteiger partial charge in [0.05, 0.1) is 21.3 Å².